The van der Waals surface area contributed by atoms with Crippen molar-refractivity contribution in [2.45, 2.75) is 6.92 Å². The summed E-state index contributed by atoms with van der Waals surface area (Å²) in [6.07, 6.45) is 0. The second-order valence-electron chi connectivity index (χ2n) is 7.09. The largest absolute Gasteiger partial charge is 0.452 e. The Kier molecular flexibility index (Phi) is 5.81. The number of ether oxygens (including phenoxy) is 1. The van der Waals surface area contributed by atoms with Crippen molar-refractivity contribution < 1.29 is 23.9 Å². The number of para-hydroxylation sites is 1. The molecule has 0 aliphatic carbocycles. The van der Waals surface area contributed by atoms with Gasteiger partial charge in [-0.05, 0) is 55.5 Å². The number of hydrogen-bond donors (Lipinski definition) is 0. The fraction of sp³-hybridized carbons (Fsp3) is 0.120. The summed E-state index contributed by atoms with van der Waals surface area (Å²) in [5, 5.41) is 0. The van der Waals surface area contributed by atoms with Crippen molar-refractivity contribution in [2.24, 2.45) is 0 Å². The molecule has 1 aliphatic rings. The van der Waals surface area contributed by atoms with Gasteiger partial charge in [0.25, 0.3) is 17.7 Å². The summed E-state index contributed by atoms with van der Waals surface area (Å²) in [7, 11) is 0. The van der Waals surface area contributed by atoms with E-state index >= 15 is 0 Å². The van der Waals surface area contributed by atoms with E-state index in [0.29, 0.717) is 23.4 Å². The van der Waals surface area contributed by atoms with Gasteiger partial charge in [0.2, 0.25) is 0 Å². The molecule has 0 radical (unpaired) electrons. The van der Waals surface area contributed by atoms with Crippen molar-refractivity contribution >= 4 is 35.1 Å². The van der Waals surface area contributed by atoms with Crippen LogP contribution in [0, 0.1) is 0 Å². The molecule has 3 aromatic carbocycles. The van der Waals surface area contributed by atoms with Gasteiger partial charge in [0, 0.05) is 12.2 Å². The summed E-state index contributed by atoms with van der Waals surface area (Å²) in [6.45, 7) is 1.88. The van der Waals surface area contributed by atoms with Crippen LogP contribution < -0.4 is 9.80 Å². The molecule has 0 saturated heterocycles. The van der Waals surface area contributed by atoms with E-state index in [9.17, 15) is 19.2 Å². The van der Waals surface area contributed by atoms with Crippen molar-refractivity contribution in [3.8, 4) is 0 Å². The molecular formula is C25H20N2O5. The van der Waals surface area contributed by atoms with Gasteiger partial charge >= 0.3 is 5.97 Å². The number of fused-ring (bicyclic) bond motifs is 1. The molecule has 0 fully saturated rings. The molecule has 3 aromatic rings. The quantitative estimate of drug-likeness (QED) is 0.442. The molecule has 0 bridgehead atoms. The monoisotopic (exact) mass is 428 g/mol. The molecule has 0 atom stereocenters. The lowest BCUT2D eigenvalue weighted by atomic mass is 10.1. The molecule has 0 N–H and O–H groups in total. The normalized spacial score (nSPS) is 12.5. The van der Waals surface area contributed by atoms with Gasteiger partial charge in [0.1, 0.15) is 0 Å². The minimum absolute atomic E-state index is 0.209. The van der Waals surface area contributed by atoms with Gasteiger partial charge in [0.05, 0.1) is 22.4 Å². The van der Waals surface area contributed by atoms with Gasteiger partial charge in [-0.25, -0.2) is 9.69 Å². The van der Waals surface area contributed by atoms with Crippen LogP contribution in [-0.2, 0) is 9.53 Å². The number of esters is 1. The van der Waals surface area contributed by atoms with Gasteiger partial charge in [-0.3, -0.25) is 14.4 Å². The highest BCUT2D eigenvalue weighted by Gasteiger charge is 2.36. The topological polar surface area (TPSA) is 84.0 Å². The third kappa shape index (κ3) is 3.88. The maximum absolute atomic E-state index is 12.6. The van der Waals surface area contributed by atoms with E-state index in [-0.39, 0.29) is 11.5 Å². The smallest absolute Gasteiger partial charge is 0.338 e. The first-order valence-corrected chi connectivity index (χ1v) is 10.1. The second-order valence-corrected chi connectivity index (χ2v) is 7.09. The molecule has 7 heteroatoms. The molecule has 3 amide bonds. The maximum Gasteiger partial charge on any atom is 0.338 e. The van der Waals surface area contributed by atoms with E-state index in [2.05, 4.69) is 0 Å². The average molecular weight is 428 g/mol. The van der Waals surface area contributed by atoms with Crippen LogP contribution in [0.3, 0.4) is 0 Å². The Hall–Kier alpha value is -4.26. The lowest BCUT2D eigenvalue weighted by Crippen LogP contribution is -2.34. The van der Waals surface area contributed by atoms with Gasteiger partial charge in [-0.1, -0.05) is 30.3 Å². The summed E-state index contributed by atoms with van der Waals surface area (Å²) >= 11 is 0. The van der Waals surface area contributed by atoms with Crippen LogP contribution in [0.5, 0.6) is 0 Å². The highest BCUT2D eigenvalue weighted by molar-refractivity contribution is 6.34. The third-order valence-electron chi connectivity index (χ3n) is 5.17. The number of nitrogens with zero attached hydrogens (tertiary/aromatic N) is 2. The zero-order valence-electron chi connectivity index (χ0n) is 17.4. The second kappa shape index (κ2) is 8.85. The Morgan fingerprint density at radius 2 is 1.38 bits per heavy atom. The standard InChI is InChI=1S/C25H20N2O5/c1-2-26(18-8-4-3-5-9-18)22(28)16-32-25(31)17-12-14-19(15-13-17)27-23(29)20-10-6-7-11-21(20)24(27)30/h3-15H,2,16H2,1H3. The van der Waals surface area contributed by atoms with Crippen LogP contribution in [-0.4, -0.2) is 36.8 Å². The zero-order chi connectivity index (χ0) is 22.7. The van der Waals surface area contributed by atoms with Crippen molar-refractivity contribution in [1.82, 2.24) is 0 Å². The Bertz CT molecular complexity index is 1150. The van der Waals surface area contributed by atoms with Crippen molar-refractivity contribution in [2.75, 3.05) is 23.0 Å². The molecule has 32 heavy (non-hydrogen) atoms. The fourth-order valence-corrected chi connectivity index (χ4v) is 3.57. The van der Waals surface area contributed by atoms with Crippen LogP contribution in [0.15, 0.2) is 78.9 Å². The summed E-state index contributed by atoms with van der Waals surface area (Å²) in [6, 6.07) is 21.7. The SMILES string of the molecule is CCN(C(=O)COC(=O)c1ccc(N2C(=O)c3ccccc3C2=O)cc1)c1ccccc1. The predicted octanol–water partition coefficient (Wildman–Crippen LogP) is 3.70. The summed E-state index contributed by atoms with van der Waals surface area (Å²) < 4.78 is 5.17. The van der Waals surface area contributed by atoms with E-state index in [1.54, 1.807) is 36.4 Å². The van der Waals surface area contributed by atoms with E-state index < -0.39 is 24.4 Å². The summed E-state index contributed by atoms with van der Waals surface area (Å²) in [5.74, 6) is -1.83. The Morgan fingerprint density at radius 3 is 1.94 bits per heavy atom. The third-order valence-corrected chi connectivity index (χ3v) is 5.17. The number of imide groups is 1. The number of carbonyl (C=O) groups is 4. The number of rotatable bonds is 6. The predicted molar refractivity (Wildman–Crippen MR) is 119 cm³/mol. The molecule has 1 aliphatic heterocycles. The lowest BCUT2D eigenvalue weighted by molar-refractivity contribution is -0.121. The number of hydrogen-bond acceptors (Lipinski definition) is 5. The van der Waals surface area contributed by atoms with E-state index in [4.69, 9.17) is 4.74 Å². The number of carbonyl (C=O) groups excluding carboxylic acids is 4. The first kappa shape index (κ1) is 21.0. The van der Waals surface area contributed by atoms with Gasteiger partial charge in [0.15, 0.2) is 6.61 Å². The molecule has 0 saturated carbocycles. The Morgan fingerprint density at radius 1 is 0.812 bits per heavy atom. The fourth-order valence-electron chi connectivity index (χ4n) is 3.57. The van der Waals surface area contributed by atoms with Gasteiger partial charge in [-0.2, -0.15) is 0 Å². The summed E-state index contributed by atoms with van der Waals surface area (Å²) in [4.78, 5) is 52.6. The van der Waals surface area contributed by atoms with Crippen LogP contribution >= 0.6 is 0 Å². The van der Waals surface area contributed by atoms with Crippen LogP contribution in [0.1, 0.15) is 38.0 Å². The minimum Gasteiger partial charge on any atom is -0.452 e. The van der Waals surface area contributed by atoms with Crippen molar-refractivity contribution in [3.05, 3.63) is 95.6 Å². The molecule has 160 valence electrons. The Balaban J connectivity index is 1.41. The van der Waals surface area contributed by atoms with Crippen LogP contribution in [0.2, 0.25) is 0 Å². The van der Waals surface area contributed by atoms with Gasteiger partial charge < -0.3 is 9.64 Å². The van der Waals surface area contributed by atoms with Gasteiger partial charge in [-0.15, -0.1) is 0 Å². The first-order valence-electron chi connectivity index (χ1n) is 10.1. The molecule has 0 spiro atoms. The number of amides is 3. The number of likely N-dealkylation sites (N-methyl/N-ethyl adjacent to an activating group) is 1. The molecule has 1 heterocycles. The highest BCUT2D eigenvalue weighted by Crippen LogP contribution is 2.28. The lowest BCUT2D eigenvalue weighted by Gasteiger charge is -2.20. The first-order chi connectivity index (χ1) is 15.5. The molecule has 7 nitrogen and oxygen atoms in total. The van der Waals surface area contributed by atoms with Crippen LogP contribution in [0.4, 0.5) is 11.4 Å². The molecule has 0 aromatic heterocycles. The molecule has 4 rings (SSSR count). The van der Waals surface area contributed by atoms with Crippen LogP contribution in [0.25, 0.3) is 0 Å². The van der Waals surface area contributed by atoms with E-state index in [0.717, 1.165) is 10.6 Å². The zero-order valence-corrected chi connectivity index (χ0v) is 17.4. The minimum atomic E-state index is -0.670. The molecule has 0 unspecified atom stereocenters. The highest BCUT2D eigenvalue weighted by atomic mass is 16.5. The van der Waals surface area contributed by atoms with Crippen molar-refractivity contribution in [3.63, 3.8) is 0 Å². The summed E-state index contributed by atoms with van der Waals surface area (Å²) in [5.41, 5.74) is 1.98. The number of benzene rings is 3. The Labute approximate surface area is 184 Å². The van der Waals surface area contributed by atoms with E-state index in [1.165, 1.54) is 29.2 Å². The van der Waals surface area contributed by atoms with E-state index in [1.807, 2.05) is 25.1 Å². The maximum atomic E-state index is 12.6. The average Bonchev–Trinajstić information content (AvgIpc) is 3.09. The number of anilines is 2. The van der Waals surface area contributed by atoms with Crippen molar-refractivity contribution in [1.29, 1.82) is 0 Å². The molecular weight excluding hydrogens is 408 g/mol.